The molecule has 0 aromatic carbocycles. The number of hydrogen-bond donors (Lipinski definition) is 1. The lowest BCUT2D eigenvalue weighted by atomic mass is 10.4. The van der Waals surface area contributed by atoms with Crippen LogP contribution in [0, 0.1) is 17.0 Å². The maximum absolute atomic E-state index is 10.1. The van der Waals surface area contributed by atoms with E-state index in [2.05, 4.69) is 9.97 Å². The van der Waals surface area contributed by atoms with Crippen LogP contribution in [0.15, 0.2) is 6.33 Å². The largest absolute Gasteiger partial charge is 0.500 e. The molecule has 0 aliphatic carbocycles. The minimum absolute atomic E-state index is 0.201. The Morgan fingerprint density at radius 2 is 2.27 bits per heavy atom. The lowest BCUT2D eigenvalue weighted by Gasteiger charge is -1.95. The molecular formula is C5H5N3O3. The van der Waals surface area contributed by atoms with Gasteiger partial charge in [-0.05, 0) is 16.8 Å². The molecule has 0 saturated carbocycles. The van der Waals surface area contributed by atoms with E-state index >= 15 is 0 Å². The molecule has 6 heteroatoms. The molecule has 0 aliphatic heterocycles. The first kappa shape index (κ1) is 7.39. The molecule has 0 radical (unpaired) electrons. The molecule has 58 valence electrons. The highest BCUT2D eigenvalue weighted by molar-refractivity contribution is 5.39. The van der Waals surface area contributed by atoms with Gasteiger partial charge in [-0.2, -0.15) is 0 Å². The molecule has 6 nitrogen and oxygen atoms in total. The average Bonchev–Trinajstić information content (AvgIpc) is 1.94. The van der Waals surface area contributed by atoms with E-state index in [-0.39, 0.29) is 5.69 Å². The third kappa shape index (κ3) is 1.23. The van der Waals surface area contributed by atoms with Gasteiger partial charge in [-0.3, -0.25) is 0 Å². The molecule has 0 aliphatic rings. The summed E-state index contributed by atoms with van der Waals surface area (Å²) in [5, 5.41) is 19.1. The van der Waals surface area contributed by atoms with Gasteiger partial charge in [0.25, 0.3) is 0 Å². The van der Waals surface area contributed by atoms with Crippen molar-refractivity contribution < 1.29 is 10.0 Å². The molecule has 0 bridgehead atoms. The maximum Gasteiger partial charge on any atom is 0.409 e. The second kappa shape index (κ2) is 2.49. The van der Waals surface area contributed by atoms with Crippen LogP contribution in [0.4, 0.5) is 5.82 Å². The highest BCUT2D eigenvalue weighted by Gasteiger charge is 2.16. The first-order chi connectivity index (χ1) is 5.13. The molecular weight excluding hydrogens is 150 g/mol. The van der Waals surface area contributed by atoms with E-state index in [9.17, 15) is 10.1 Å². The minimum Gasteiger partial charge on any atom is -0.500 e. The summed E-state index contributed by atoms with van der Waals surface area (Å²) >= 11 is 0. The van der Waals surface area contributed by atoms with Gasteiger partial charge in [0.05, 0.1) is 5.69 Å². The van der Waals surface area contributed by atoms with E-state index in [4.69, 9.17) is 5.11 Å². The van der Waals surface area contributed by atoms with Crippen molar-refractivity contribution in [1.82, 2.24) is 9.97 Å². The fraction of sp³-hybridized carbons (Fsp3) is 0.200. The molecule has 0 amide bonds. The normalized spacial score (nSPS) is 9.55. The third-order valence-corrected chi connectivity index (χ3v) is 1.16. The van der Waals surface area contributed by atoms with Crippen molar-refractivity contribution in [2.45, 2.75) is 6.92 Å². The Balaban J connectivity index is 3.27. The maximum atomic E-state index is 10.1. The average molecular weight is 155 g/mol. The van der Waals surface area contributed by atoms with E-state index in [1.54, 1.807) is 0 Å². The lowest BCUT2D eigenvalue weighted by Crippen LogP contribution is -1.95. The van der Waals surface area contributed by atoms with Gasteiger partial charge >= 0.3 is 5.82 Å². The Bertz CT molecular complexity index is 299. The first-order valence-corrected chi connectivity index (χ1v) is 2.78. The van der Waals surface area contributed by atoms with Crippen LogP contribution in [0.1, 0.15) is 5.69 Å². The van der Waals surface area contributed by atoms with Crippen molar-refractivity contribution in [2.75, 3.05) is 0 Å². The van der Waals surface area contributed by atoms with Crippen molar-refractivity contribution >= 4 is 5.82 Å². The fourth-order valence-electron chi connectivity index (χ4n) is 0.588. The number of aromatic hydroxyl groups is 1. The van der Waals surface area contributed by atoms with Crippen LogP contribution >= 0.6 is 0 Å². The zero-order chi connectivity index (χ0) is 8.43. The molecule has 11 heavy (non-hydrogen) atoms. The molecule has 1 aromatic rings. The predicted octanol–water partition coefficient (Wildman–Crippen LogP) is 0.399. The molecule has 0 unspecified atom stereocenters. The summed E-state index contributed by atoms with van der Waals surface area (Å²) in [5.41, 5.74) is 0.201. The molecule has 1 rings (SSSR count). The minimum atomic E-state index is -0.760. The Hall–Kier alpha value is -1.72. The van der Waals surface area contributed by atoms with Crippen LogP contribution in [0.5, 0.6) is 5.75 Å². The van der Waals surface area contributed by atoms with E-state index in [0.717, 1.165) is 6.33 Å². The summed E-state index contributed by atoms with van der Waals surface area (Å²) in [5.74, 6) is -1.03. The van der Waals surface area contributed by atoms with Gasteiger partial charge in [0.15, 0.2) is 0 Å². The zero-order valence-corrected chi connectivity index (χ0v) is 5.68. The Kier molecular flexibility index (Phi) is 1.67. The smallest absolute Gasteiger partial charge is 0.409 e. The van der Waals surface area contributed by atoms with E-state index in [1.807, 2.05) is 0 Å². The molecule has 0 atom stereocenters. The first-order valence-electron chi connectivity index (χ1n) is 2.78. The van der Waals surface area contributed by atoms with Gasteiger partial charge in [-0.25, -0.2) is 4.98 Å². The van der Waals surface area contributed by atoms with Crippen LogP contribution in [0.2, 0.25) is 0 Å². The van der Waals surface area contributed by atoms with Crippen molar-refractivity contribution in [1.29, 1.82) is 0 Å². The van der Waals surface area contributed by atoms with Crippen molar-refractivity contribution in [3.8, 4) is 5.75 Å². The van der Waals surface area contributed by atoms with Crippen LogP contribution in [0.25, 0.3) is 0 Å². The summed E-state index contributed by atoms with van der Waals surface area (Å²) in [6, 6.07) is 0. The molecule has 1 heterocycles. The molecule has 1 N–H and O–H groups in total. The molecule has 0 fully saturated rings. The monoisotopic (exact) mass is 155 g/mol. The SMILES string of the molecule is Cc1ncnc([N+](=O)[O-])c1O. The number of nitro groups is 1. The highest BCUT2D eigenvalue weighted by atomic mass is 16.6. The van der Waals surface area contributed by atoms with Crippen molar-refractivity contribution in [3.05, 3.63) is 22.1 Å². The summed E-state index contributed by atoms with van der Waals surface area (Å²) in [4.78, 5) is 16.2. The van der Waals surface area contributed by atoms with E-state index < -0.39 is 16.5 Å². The van der Waals surface area contributed by atoms with Gasteiger partial charge in [0.2, 0.25) is 12.1 Å². The number of rotatable bonds is 1. The standard InChI is InChI=1S/C5H5N3O3/c1-3-4(9)5(8(10)11)7-2-6-3/h2,9H,1H3. The highest BCUT2D eigenvalue weighted by Crippen LogP contribution is 2.23. The number of nitrogens with zero attached hydrogens (tertiary/aromatic N) is 3. The van der Waals surface area contributed by atoms with Crippen LogP contribution in [-0.2, 0) is 0 Å². The Labute approximate surface area is 61.7 Å². The van der Waals surface area contributed by atoms with Gasteiger partial charge in [0.1, 0.15) is 0 Å². The van der Waals surface area contributed by atoms with Gasteiger partial charge in [-0.15, -0.1) is 0 Å². The van der Waals surface area contributed by atoms with Crippen molar-refractivity contribution in [2.24, 2.45) is 0 Å². The summed E-state index contributed by atoms with van der Waals surface area (Å²) in [6.07, 6.45) is 1.03. The summed E-state index contributed by atoms with van der Waals surface area (Å²) < 4.78 is 0. The van der Waals surface area contributed by atoms with Crippen LogP contribution in [0.3, 0.4) is 0 Å². The van der Waals surface area contributed by atoms with Crippen molar-refractivity contribution in [3.63, 3.8) is 0 Å². The third-order valence-electron chi connectivity index (χ3n) is 1.16. The predicted molar refractivity (Wildman–Crippen MR) is 35.1 cm³/mol. The Morgan fingerprint density at radius 1 is 1.64 bits per heavy atom. The fourth-order valence-corrected chi connectivity index (χ4v) is 0.588. The van der Waals surface area contributed by atoms with Gasteiger partial charge < -0.3 is 15.2 Å². The molecule has 0 saturated heterocycles. The van der Waals surface area contributed by atoms with Crippen LogP contribution < -0.4 is 0 Å². The van der Waals surface area contributed by atoms with Gasteiger partial charge in [0, 0.05) is 0 Å². The second-order valence-electron chi connectivity index (χ2n) is 1.89. The lowest BCUT2D eigenvalue weighted by molar-refractivity contribution is -0.390. The molecule has 1 aromatic heterocycles. The van der Waals surface area contributed by atoms with E-state index in [1.165, 1.54) is 6.92 Å². The number of aromatic nitrogens is 2. The summed E-state index contributed by atoms with van der Waals surface area (Å²) in [7, 11) is 0. The number of hydrogen-bond acceptors (Lipinski definition) is 5. The van der Waals surface area contributed by atoms with Crippen LogP contribution in [-0.4, -0.2) is 20.0 Å². The van der Waals surface area contributed by atoms with E-state index in [0.29, 0.717) is 0 Å². The zero-order valence-electron chi connectivity index (χ0n) is 5.68. The second-order valence-corrected chi connectivity index (χ2v) is 1.89. The topological polar surface area (TPSA) is 89.2 Å². The Morgan fingerprint density at radius 3 is 2.73 bits per heavy atom. The number of aryl methyl sites for hydroxylation is 1. The van der Waals surface area contributed by atoms with Gasteiger partial charge in [-0.1, -0.05) is 0 Å². The summed E-state index contributed by atoms with van der Waals surface area (Å²) in [6.45, 7) is 1.46. The molecule has 0 spiro atoms. The quantitative estimate of drug-likeness (QED) is 0.468.